The minimum atomic E-state index is -0.209. The number of para-hydroxylation sites is 2. The van der Waals surface area contributed by atoms with Gasteiger partial charge in [-0.2, -0.15) is 0 Å². The highest BCUT2D eigenvalue weighted by molar-refractivity contribution is 5.91. The van der Waals surface area contributed by atoms with Crippen molar-refractivity contribution in [2.45, 2.75) is 19.9 Å². The minimum absolute atomic E-state index is 0.166. The molecule has 0 aliphatic carbocycles. The smallest absolute Gasteiger partial charge is 0.293 e. The normalized spacial score (nSPS) is 10.7. The molecule has 0 saturated carbocycles. The molecule has 2 heterocycles. The molecule has 1 aromatic carbocycles. The van der Waals surface area contributed by atoms with Gasteiger partial charge in [0.1, 0.15) is 0 Å². The molecule has 3 aromatic rings. The Morgan fingerprint density at radius 3 is 2.69 bits per heavy atom. The quantitative estimate of drug-likeness (QED) is 0.762. The van der Waals surface area contributed by atoms with Crippen molar-refractivity contribution in [2.24, 2.45) is 0 Å². The zero-order chi connectivity index (χ0) is 18.7. The molecule has 3 rings (SSSR count). The van der Waals surface area contributed by atoms with Crippen molar-refractivity contribution in [1.29, 1.82) is 0 Å². The number of aryl methyl sites for hydroxylation is 2. The summed E-state index contributed by atoms with van der Waals surface area (Å²) >= 11 is 0. The molecular weight excluding hydrogens is 330 g/mol. The molecule has 7 nitrogen and oxygen atoms in total. The third-order valence-corrected chi connectivity index (χ3v) is 4.10. The molecule has 0 atom stereocenters. The SMILES string of the molecule is Cc1ncccc1NC(=O)CCn1c(=O)c(N(C)C)nc2ccccc21. The van der Waals surface area contributed by atoms with Crippen LogP contribution in [-0.2, 0) is 11.3 Å². The highest BCUT2D eigenvalue weighted by atomic mass is 16.2. The highest BCUT2D eigenvalue weighted by Gasteiger charge is 2.13. The number of nitrogens with one attached hydrogen (secondary N) is 1. The first-order chi connectivity index (χ1) is 12.5. The fraction of sp³-hybridized carbons (Fsp3) is 0.263. The largest absolute Gasteiger partial charge is 0.358 e. The van der Waals surface area contributed by atoms with Gasteiger partial charge in [0.25, 0.3) is 5.56 Å². The fourth-order valence-corrected chi connectivity index (χ4v) is 2.73. The number of amides is 1. The van der Waals surface area contributed by atoms with Crippen molar-refractivity contribution in [2.75, 3.05) is 24.3 Å². The minimum Gasteiger partial charge on any atom is -0.358 e. The third-order valence-electron chi connectivity index (χ3n) is 4.10. The molecule has 134 valence electrons. The predicted molar refractivity (Wildman–Crippen MR) is 103 cm³/mol. The molecule has 0 bridgehead atoms. The summed E-state index contributed by atoms with van der Waals surface area (Å²) in [4.78, 5) is 35.4. The van der Waals surface area contributed by atoms with Crippen LogP contribution in [0.2, 0.25) is 0 Å². The first-order valence-corrected chi connectivity index (χ1v) is 8.35. The Labute approximate surface area is 151 Å². The number of carbonyl (C=O) groups is 1. The molecule has 0 aliphatic rings. The van der Waals surface area contributed by atoms with E-state index in [2.05, 4.69) is 15.3 Å². The molecule has 0 spiro atoms. The van der Waals surface area contributed by atoms with Gasteiger partial charge < -0.3 is 14.8 Å². The van der Waals surface area contributed by atoms with E-state index in [9.17, 15) is 9.59 Å². The number of anilines is 2. The summed E-state index contributed by atoms with van der Waals surface area (Å²) in [5, 5.41) is 2.84. The second kappa shape index (κ2) is 7.35. The fourth-order valence-electron chi connectivity index (χ4n) is 2.73. The van der Waals surface area contributed by atoms with Crippen molar-refractivity contribution >= 4 is 28.4 Å². The van der Waals surface area contributed by atoms with Crippen LogP contribution in [-0.4, -0.2) is 34.5 Å². The van der Waals surface area contributed by atoms with Crippen molar-refractivity contribution in [3.63, 3.8) is 0 Å². The summed E-state index contributed by atoms with van der Waals surface area (Å²) < 4.78 is 1.60. The van der Waals surface area contributed by atoms with Crippen LogP contribution in [0.5, 0.6) is 0 Å². The molecule has 1 amide bonds. The van der Waals surface area contributed by atoms with E-state index in [1.165, 1.54) is 0 Å². The van der Waals surface area contributed by atoms with Gasteiger partial charge in [0.2, 0.25) is 5.91 Å². The standard InChI is InChI=1S/C19H21N5O2/c1-13-14(8-6-11-20-13)21-17(25)10-12-24-16-9-5-4-7-15(16)22-18(19(24)26)23(2)3/h4-9,11H,10,12H2,1-3H3,(H,21,25). The summed E-state index contributed by atoms with van der Waals surface area (Å²) in [5.41, 5.74) is 2.66. The Kier molecular flexibility index (Phi) is 4.97. The van der Waals surface area contributed by atoms with E-state index in [1.54, 1.807) is 41.9 Å². The third kappa shape index (κ3) is 3.56. The summed E-state index contributed by atoms with van der Waals surface area (Å²) in [6, 6.07) is 11.0. The lowest BCUT2D eigenvalue weighted by atomic mass is 10.2. The molecule has 0 radical (unpaired) electrons. The second-order valence-corrected chi connectivity index (χ2v) is 6.21. The van der Waals surface area contributed by atoms with E-state index in [4.69, 9.17) is 0 Å². The van der Waals surface area contributed by atoms with E-state index in [0.29, 0.717) is 17.0 Å². The van der Waals surface area contributed by atoms with Gasteiger partial charge in [0.15, 0.2) is 5.82 Å². The van der Waals surface area contributed by atoms with Gasteiger partial charge in [-0.25, -0.2) is 4.98 Å². The maximum Gasteiger partial charge on any atom is 0.293 e. The van der Waals surface area contributed by atoms with E-state index >= 15 is 0 Å². The summed E-state index contributed by atoms with van der Waals surface area (Å²) in [5.74, 6) is 0.188. The number of nitrogens with zero attached hydrogens (tertiary/aromatic N) is 4. The summed E-state index contributed by atoms with van der Waals surface area (Å²) in [6.07, 6.45) is 1.85. The highest BCUT2D eigenvalue weighted by Crippen LogP contribution is 2.14. The first-order valence-electron chi connectivity index (χ1n) is 8.35. The molecular formula is C19H21N5O2. The van der Waals surface area contributed by atoms with Gasteiger partial charge in [-0.1, -0.05) is 12.1 Å². The molecule has 0 aliphatic heterocycles. The average Bonchev–Trinajstić information content (AvgIpc) is 2.62. The van der Waals surface area contributed by atoms with Crippen LogP contribution in [0.4, 0.5) is 11.5 Å². The molecule has 2 aromatic heterocycles. The molecule has 0 fully saturated rings. The van der Waals surface area contributed by atoms with Crippen LogP contribution in [0.3, 0.4) is 0 Å². The Bertz CT molecular complexity index is 1010. The number of pyridine rings is 1. The first kappa shape index (κ1) is 17.6. The van der Waals surface area contributed by atoms with Gasteiger partial charge in [0.05, 0.1) is 22.4 Å². The van der Waals surface area contributed by atoms with Crippen molar-refractivity contribution < 1.29 is 4.79 Å². The number of fused-ring (bicyclic) bond motifs is 1. The van der Waals surface area contributed by atoms with E-state index in [1.807, 2.05) is 31.2 Å². The predicted octanol–water partition coefficient (Wildman–Crippen LogP) is 2.19. The topological polar surface area (TPSA) is 80.1 Å². The summed E-state index contributed by atoms with van der Waals surface area (Å²) in [7, 11) is 3.56. The number of aromatic nitrogens is 3. The number of rotatable bonds is 5. The van der Waals surface area contributed by atoms with Crippen LogP contribution in [0.25, 0.3) is 11.0 Å². The van der Waals surface area contributed by atoms with Gasteiger partial charge in [-0.15, -0.1) is 0 Å². The van der Waals surface area contributed by atoms with Crippen LogP contribution in [0.1, 0.15) is 12.1 Å². The van der Waals surface area contributed by atoms with Crippen LogP contribution in [0.15, 0.2) is 47.4 Å². The molecule has 7 heteroatoms. The van der Waals surface area contributed by atoms with Gasteiger partial charge in [0, 0.05) is 33.3 Å². The van der Waals surface area contributed by atoms with Crippen molar-refractivity contribution in [1.82, 2.24) is 14.5 Å². The number of carbonyl (C=O) groups excluding carboxylic acids is 1. The van der Waals surface area contributed by atoms with Gasteiger partial charge >= 0.3 is 0 Å². The maximum atomic E-state index is 12.8. The van der Waals surface area contributed by atoms with E-state index < -0.39 is 0 Å². The summed E-state index contributed by atoms with van der Waals surface area (Å²) in [6.45, 7) is 2.10. The Hall–Kier alpha value is -3.22. The van der Waals surface area contributed by atoms with Crippen LogP contribution in [0, 0.1) is 6.92 Å². The van der Waals surface area contributed by atoms with Crippen molar-refractivity contribution in [3.05, 3.63) is 58.6 Å². The maximum absolute atomic E-state index is 12.8. The molecule has 0 unspecified atom stereocenters. The second-order valence-electron chi connectivity index (χ2n) is 6.21. The average molecular weight is 351 g/mol. The van der Waals surface area contributed by atoms with Crippen molar-refractivity contribution in [3.8, 4) is 0 Å². The van der Waals surface area contributed by atoms with Gasteiger partial charge in [-0.05, 0) is 31.2 Å². The zero-order valence-electron chi connectivity index (χ0n) is 15.1. The molecule has 26 heavy (non-hydrogen) atoms. The van der Waals surface area contributed by atoms with E-state index in [-0.39, 0.29) is 24.4 Å². The lowest BCUT2D eigenvalue weighted by molar-refractivity contribution is -0.116. The van der Waals surface area contributed by atoms with Crippen LogP contribution >= 0.6 is 0 Å². The molecule has 1 N–H and O–H groups in total. The zero-order valence-corrected chi connectivity index (χ0v) is 15.1. The Morgan fingerprint density at radius 1 is 1.19 bits per heavy atom. The van der Waals surface area contributed by atoms with Crippen LogP contribution < -0.4 is 15.8 Å². The Balaban J connectivity index is 1.86. The van der Waals surface area contributed by atoms with Gasteiger partial charge in [-0.3, -0.25) is 14.6 Å². The Morgan fingerprint density at radius 2 is 1.96 bits per heavy atom. The lowest BCUT2D eigenvalue weighted by Crippen LogP contribution is -2.30. The number of hydrogen-bond acceptors (Lipinski definition) is 5. The number of hydrogen-bond donors (Lipinski definition) is 1. The number of benzene rings is 1. The molecule has 0 saturated heterocycles. The van der Waals surface area contributed by atoms with E-state index in [0.717, 1.165) is 11.2 Å². The monoisotopic (exact) mass is 351 g/mol. The lowest BCUT2D eigenvalue weighted by Gasteiger charge is -2.16.